The number of nitrogens with zero attached hydrogens (tertiary/aromatic N) is 4. The molecule has 0 saturated heterocycles. The van der Waals surface area contributed by atoms with Crippen LogP contribution in [0.4, 0.5) is 17.1 Å². The molecule has 8 aromatic rings. The molecule has 11 rings (SSSR count). The summed E-state index contributed by atoms with van der Waals surface area (Å²) in [6, 6.07) is 64.4. The van der Waals surface area contributed by atoms with Crippen LogP contribution in [0.25, 0.3) is 50.6 Å². The molecular weight excluding hydrogens is 740 g/mol. The Kier molecular flexibility index (Phi) is 8.49. The molecule has 2 aliphatic heterocycles. The number of fused-ring (bicyclic) bond motifs is 6. The number of para-hydroxylation sites is 2. The fourth-order valence-electron chi connectivity index (χ4n) is 8.89. The topological polar surface area (TPSA) is 59.0 Å². The number of hydrogen-bond donors (Lipinski definition) is 0. The van der Waals surface area contributed by atoms with Crippen LogP contribution >= 0.6 is 7.14 Å². The van der Waals surface area contributed by atoms with Crippen LogP contribution in [0.2, 0.25) is 0 Å². The third kappa shape index (κ3) is 5.85. The molecule has 5 nitrogen and oxygen atoms in total. The molecule has 1 aliphatic carbocycles. The highest BCUT2D eigenvalue weighted by Crippen LogP contribution is 2.74. The van der Waals surface area contributed by atoms with E-state index in [1.54, 1.807) is 0 Å². The molecule has 3 heterocycles. The van der Waals surface area contributed by atoms with Gasteiger partial charge in [-0.25, -0.2) is 15.0 Å². The van der Waals surface area contributed by atoms with E-state index in [1.807, 2.05) is 72.8 Å². The summed E-state index contributed by atoms with van der Waals surface area (Å²) in [4.78, 5) is 17.4. The smallest absolute Gasteiger partial charge is 0.169 e. The molecule has 0 saturated carbocycles. The molecule has 0 fully saturated rings. The lowest BCUT2D eigenvalue weighted by Gasteiger charge is -2.30. The molecule has 280 valence electrons. The van der Waals surface area contributed by atoms with Crippen molar-refractivity contribution in [3.8, 4) is 34.2 Å². The fraction of sp³-hybridized carbons (Fsp3) is 0.0377. The Morgan fingerprint density at radius 3 is 1.64 bits per heavy atom. The number of allylic oxidation sites excluding steroid dienone is 4. The molecule has 1 unspecified atom stereocenters. The fourth-order valence-corrected chi connectivity index (χ4v) is 12.4. The first kappa shape index (κ1) is 35.0. The third-order valence-electron chi connectivity index (χ3n) is 11.5. The van der Waals surface area contributed by atoms with E-state index in [4.69, 9.17) is 15.0 Å². The summed E-state index contributed by atoms with van der Waals surface area (Å²) in [6.45, 7) is 0. The molecule has 0 bridgehead atoms. The highest BCUT2D eigenvalue weighted by molar-refractivity contribution is 7.86. The first-order valence-corrected chi connectivity index (χ1v) is 21.7. The van der Waals surface area contributed by atoms with Gasteiger partial charge in [0, 0.05) is 49.7 Å². The number of benzene rings is 7. The zero-order valence-electron chi connectivity index (χ0n) is 32.1. The largest absolute Gasteiger partial charge is 0.309 e. The quantitative estimate of drug-likeness (QED) is 0.157. The Bertz CT molecular complexity index is 3020. The van der Waals surface area contributed by atoms with Crippen molar-refractivity contribution >= 4 is 46.0 Å². The van der Waals surface area contributed by atoms with E-state index in [0.717, 1.165) is 95.9 Å². The van der Waals surface area contributed by atoms with Crippen LogP contribution in [0.15, 0.2) is 206 Å². The second-order valence-corrected chi connectivity index (χ2v) is 17.7. The van der Waals surface area contributed by atoms with Crippen LogP contribution < -0.4 is 10.2 Å². The van der Waals surface area contributed by atoms with Crippen molar-refractivity contribution in [1.82, 2.24) is 15.0 Å². The monoisotopic (exact) mass is 776 g/mol. The first-order valence-electron chi connectivity index (χ1n) is 20.0. The number of anilines is 3. The lowest BCUT2D eigenvalue weighted by Crippen LogP contribution is -2.14. The van der Waals surface area contributed by atoms with E-state index in [1.165, 1.54) is 0 Å². The van der Waals surface area contributed by atoms with E-state index in [2.05, 4.69) is 132 Å². The Hall–Kier alpha value is -7.20. The minimum absolute atomic E-state index is 0.585. The van der Waals surface area contributed by atoms with Gasteiger partial charge in [-0.15, -0.1) is 0 Å². The van der Waals surface area contributed by atoms with Crippen molar-refractivity contribution in [2.45, 2.75) is 12.8 Å². The van der Waals surface area contributed by atoms with E-state index in [-0.39, 0.29) is 0 Å². The first-order chi connectivity index (χ1) is 29.1. The SMILES string of the molecule is O=P1(C2=CC(c3ccccc3)=CCC2)C2=C(c3ccccc3N(c3cccc(-c4nc(-c5ccccc5)nc(-c5ccccc5)n4)c3)c3ccccc32)c2ccccc21. The van der Waals surface area contributed by atoms with E-state index in [9.17, 15) is 0 Å². The van der Waals surface area contributed by atoms with Crippen LogP contribution in [0, 0.1) is 0 Å². The van der Waals surface area contributed by atoms with Gasteiger partial charge < -0.3 is 9.46 Å². The predicted molar refractivity (Wildman–Crippen MR) is 242 cm³/mol. The van der Waals surface area contributed by atoms with Gasteiger partial charge in [-0.2, -0.15) is 0 Å². The zero-order valence-corrected chi connectivity index (χ0v) is 33.0. The summed E-state index contributed by atoms with van der Waals surface area (Å²) in [5, 5.41) is 2.83. The summed E-state index contributed by atoms with van der Waals surface area (Å²) < 4.78 is 16.6. The maximum atomic E-state index is 16.6. The van der Waals surface area contributed by atoms with Gasteiger partial charge in [-0.1, -0.05) is 170 Å². The van der Waals surface area contributed by atoms with Gasteiger partial charge in [0.05, 0.1) is 11.4 Å². The van der Waals surface area contributed by atoms with Crippen LogP contribution in [-0.2, 0) is 4.57 Å². The average Bonchev–Trinajstić information content (AvgIpc) is 3.50. The number of hydrogen-bond acceptors (Lipinski definition) is 5. The van der Waals surface area contributed by atoms with Gasteiger partial charge in [0.15, 0.2) is 24.6 Å². The molecule has 1 aromatic heterocycles. The lowest BCUT2D eigenvalue weighted by atomic mass is 9.95. The molecule has 0 amide bonds. The minimum atomic E-state index is -3.34. The summed E-state index contributed by atoms with van der Waals surface area (Å²) >= 11 is 0. The lowest BCUT2D eigenvalue weighted by molar-refractivity contribution is 0.590. The second kappa shape index (κ2) is 14.3. The van der Waals surface area contributed by atoms with Gasteiger partial charge in [0.25, 0.3) is 0 Å². The maximum Gasteiger partial charge on any atom is 0.169 e. The second-order valence-electron chi connectivity index (χ2n) is 15.0. The van der Waals surface area contributed by atoms with E-state index in [0.29, 0.717) is 17.5 Å². The molecule has 59 heavy (non-hydrogen) atoms. The highest BCUT2D eigenvalue weighted by Gasteiger charge is 2.47. The molecule has 0 N–H and O–H groups in total. The zero-order chi connectivity index (χ0) is 39.3. The summed E-state index contributed by atoms with van der Waals surface area (Å²) in [7, 11) is -3.34. The van der Waals surface area contributed by atoms with E-state index >= 15 is 4.57 Å². The summed E-state index contributed by atoms with van der Waals surface area (Å²) in [5.41, 5.74) is 12.0. The van der Waals surface area contributed by atoms with Gasteiger partial charge in [0.2, 0.25) is 0 Å². The van der Waals surface area contributed by atoms with Crippen molar-refractivity contribution in [3.63, 3.8) is 0 Å². The Labute approximate surface area is 343 Å². The van der Waals surface area contributed by atoms with Crippen molar-refractivity contribution in [3.05, 3.63) is 228 Å². The molecule has 0 spiro atoms. The standard InChI is InChI=1S/C53H37N4OP/c58-59(42-27-17-24-39(35-42)36-18-4-1-5-19-36)48-33-15-12-30-45(48)49-43-28-10-13-31-46(43)57(47-32-14-11-29-44(47)50(49)59)41-26-16-25-40(34-41)53-55-51(37-20-6-2-7-21-37)54-52(56-53)38-22-8-3-9-23-38/h1-16,18-26,28-35H,17,27H2. The van der Waals surface area contributed by atoms with Crippen LogP contribution in [-0.4, -0.2) is 15.0 Å². The summed E-state index contributed by atoms with van der Waals surface area (Å²) in [6.07, 6.45) is 6.06. The Morgan fingerprint density at radius 1 is 0.475 bits per heavy atom. The van der Waals surface area contributed by atoms with Crippen LogP contribution in [0.1, 0.15) is 35.1 Å². The molecule has 0 radical (unpaired) electrons. The number of rotatable bonds is 6. The van der Waals surface area contributed by atoms with Crippen molar-refractivity contribution in [2.24, 2.45) is 0 Å². The molecule has 1 atom stereocenters. The molecule has 3 aliphatic rings. The third-order valence-corrected chi connectivity index (χ3v) is 14.9. The maximum absolute atomic E-state index is 16.6. The van der Waals surface area contributed by atoms with Crippen molar-refractivity contribution in [1.29, 1.82) is 0 Å². The van der Waals surface area contributed by atoms with Crippen LogP contribution in [0.3, 0.4) is 0 Å². The molecule has 6 heteroatoms. The molecule has 7 aromatic carbocycles. The average molecular weight is 777 g/mol. The van der Waals surface area contributed by atoms with E-state index < -0.39 is 7.14 Å². The van der Waals surface area contributed by atoms with Gasteiger partial charge in [-0.3, -0.25) is 0 Å². The van der Waals surface area contributed by atoms with Gasteiger partial charge in [0.1, 0.15) is 0 Å². The van der Waals surface area contributed by atoms with Gasteiger partial charge >= 0.3 is 0 Å². The minimum Gasteiger partial charge on any atom is -0.309 e. The van der Waals surface area contributed by atoms with Gasteiger partial charge in [-0.05, 0) is 65.2 Å². The molecular formula is C53H37N4OP. The predicted octanol–water partition coefficient (Wildman–Crippen LogP) is 13.3. The summed E-state index contributed by atoms with van der Waals surface area (Å²) in [5.74, 6) is 1.81. The highest BCUT2D eigenvalue weighted by atomic mass is 31.2. The van der Waals surface area contributed by atoms with Crippen molar-refractivity contribution in [2.75, 3.05) is 4.90 Å². The van der Waals surface area contributed by atoms with Crippen molar-refractivity contribution < 1.29 is 4.57 Å². The normalized spacial score (nSPS) is 16.6. The number of aromatic nitrogens is 3. The Morgan fingerprint density at radius 2 is 0.983 bits per heavy atom. The van der Waals surface area contributed by atoms with Crippen LogP contribution in [0.5, 0.6) is 0 Å². The Balaban J connectivity index is 1.11.